The number of aromatic nitrogens is 3. The van der Waals surface area contributed by atoms with Gasteiger partial charge in [-0.3, -0.25) is 9.13 Å². The Bertz CT molecular complexity index is 660. The van der Waals surface area contributed by atoms with E-state index in [9.17, 15) is 0 Å². The van der Waals surface area contributed by atoms with Crippen molar-refractivity contribution in [2.24, 2.45) is 0 Å². The van der Waals surface area contributed by atoms with Crippen LogP contribution in [0.15, 0.2) is 49.6 Å². The number of hydrogen-bond donors (Lipinski definition) is 1. The standard InChI is InChI=1S/C15H19N3S3/c1-3-5-7-9-11-17-13(19)16-14(20)18(15(17)21)12-10-8-6-4-2/h3-4,7-10H,1-2,5-6,11-12H2,(H,16,19,20)/b9-7+,10-8+. The molecule has 0 atom stereocenters. The van der Waals surface area contributed by atoms with Gasteiger partial charge in [0.15, 0.2) is 14.3 Å². The number of nitrogens with one attached hydrogen (secondary N) is 1. The highest BCUT2D eigenvalue weighted by Gasteiger charge is 2.00. The zero-order valence-corrected chi connectivity index (χ0v) is 14.3. The lowest BCUT2D eigenvalue weighted by molar-refractivity contribution is 0.621. The Kier molecular flexibility index (Phi) is 8.04. The number of allylic oxidation sites excluding steroid dienone is 6. The van der Waals surface area contributed by atoms with Crippen molar-refractivity contribution in [3.8, 4) is 0 Å². The first-order valence-electron chi connectivity index (χ1n) is 6.57. The number of rotatable bonds is 8. The maximum absolute atomic E-state index is 5.49. The minimum absolute atomic E-state index is 0.541. The summed E-state index contributed by atoms with van der Waals surface area (Å²) >= 11 is 16.1. The largest absolute Gasteiger partial charge is 0.309 e. The number of nitrogens with zero attached hydrogens (tertiary/aromatic N) is 2. The number of H-pyrrole nitrogens is 1. The van der Waals surface area contributed by atoms with E-state index in [1.807, 2.05) is 45.6 Å². The van der Waals surface area contributed by atoms with Gasteiger partial charge >= 0.3 is 0 Å². The molecule has 1 aromatic rings. The lowest BCUT2D eigenvalue weighted by Crippen LogP contribution is -2.13. The normalized spacial score (nSPS) is 11.2. The van der Waals surface area contributed by atoms with Gasteiger partial charge in [-0.15, -0.1) is 13.2 Å². The van der Waals surface area contributed by atoms with Gasteiger partial charge in [-0.1, -0.05) is 36.5 Å². The van der Waals surface area contributed by atoms with E-state index < -0.39 is 0 Å². The molecule has 0 radical (unpaired) electrons. The SMILES string of the molecule is C=CC/C=C/Cn1c(=S)[nH]c(=S)n(C/C=C/CC=C)c1=S. The summed E-state index contributed by atoms with van der Waals surface area (Å²) < 4.78 is 5.40. The van der Waals surface area contributed by atoms with Crippen molar-refractivity contribution in [2.45, 2.75) is 25.9 Å². The second-order valence-electron chi connectivity index (χ2n) is 4.23. The van der Waals surface area contributed by atoms with Crippen molar-refractivity contribution >= 4 is 36.7 Å². The molecule has 1 heterocycles. The molecule has 0 saturated heterocycles. The van der Waals surface area contributed by atoms with Crippen molar-refractivity contribution in [1.29, 1.82) is 0 Å². The number of aromatic amines is 1. The van der Waals surface area contributed by atoms with E-state index in [-0.39, 0.29) is 0 Å². The smallest absolute Gasteiger partial charge is 0.184 e. The molecule has 0 fully saturated rings. The first-order valence-corrected chi connectivity index (χ1v) is 7.80. The summed E-state index contributed by atoms with van der Waals surface area (Å²) in [4.78, 5) is 3.01. The van der Waals surface area contributed by atoms with E-state index in [1.54, 1.807) is 0 Å². The van der Waals surface area contributed by atoms with Gasteiger partial charge in [-0.05, 0) is 49.5 Å². The second kappa shape index (κ2) is 9.55. The summed E-state index contributed by atoms with van der Waals surface area (Å²) in [5, 5.41) is 0. The van der Waals surface area contributed by atoms with E-state index in [2.05, 4.69) is 18.1 Å². The van der Waals surface area contributed by atoms with Crippen molar-refractivity contribution in [3.63, 3.8) is 0 Å². The highest BCUT2D eigenvalue weighted by atomic mass is 32.1. The topological polar surface area (TPSA) is 25.6 Å². The van der Waals surface area contributed by atoms with Gasteiger partial charge in [0.05, 0.1) is 0 Å². The fraction of sp³-hybridized carbons (Fsp3) is 0.267. The first-order chi connectivity index (χ1) is 10.1. The fourth-order valence-corrected chi connectivity index (χ4v) is 2.64. The van der Waals surface area contributed by atoms with Gasteiger partial charge in [-0.2, -0.15) is 0 Å². The van der Waals surface area contributed by atoms with Crippen LogP contribution in [0.4, 0.5) is 0 Å². The minimum atomic E-state index is 0.541. The van der Waals surface area contributed by atoms with Gasteiger partial charge in [0.2, 0.25) is 0 Å². The lowest BCUT2D eigenvalue weighted by atomic mass is 10.3. The summed E-state index contributed by atoms with van der Waals surface area (Å²) in [6, 6.07) is 0. The van der Waals surface area contributed by atoms with Crippen LogP contribution in [0.1, 0.15) is 12.8 Å². The molecular formula is C15H19N3S3. The summed E-state index contributed by atoms with van der Waals surface area (Å²) in [5.74, 6) is 0. The highest BCUT2D eigenvalue weighted by molar-refractivity contribution is 7.72. The van der Waals surface area contributed by atoms with Gasteiger partial charge in [-0.25, -0.2) is 0 Å². The van der Waals surface area contributed by atoms with E-state index in [0.717, 1.165) is 12.8 Å². The quantitative estimate of drug-likeness (QED) is 0.529. The van der Waals surface area contributed by atoms with Crippen molar-refractivity contribution in [2.75, 3.05) is 0 Å². The average Bonchev–Trinajstić information content (AvgIpc) is 2.45. The molecule has 1 N–H and O–H groups in total. The van der Waals surface area contributed by atoms with Crippen LogP contribution < -0.4 is 0 Å². The lowest BCUT2D eigenvalue weighted by Gasteiger charge is -2.10. The Hall–Kier alpha value is -1.37. The molecule has 112 valence electrons. The maximum atomic E-state index is 5.49. The summed E-state index contributed by atoms with van der Waals surface area (Å²) in [7, 11) is 0. The first kappa shape index (κ1) is 17.7. The van der Waals surface area contributed by atoms with Crippen molar-refractivity contribution in [1.82, 2.24) is 14.1 Å². The molecule has 21 heavy (non-hydrogen) atoms. The Balaban J connectivity index is 3.07. The van der Waals surface area contributed by atoms with Gasteiger partial charge < -0.3 is 4.98 Å². The van der Waals surface area contributed by atoms with Gasteiger partial charge in [0.25, 0.3) is 0 Å². The van der Waals surface area contributed by atoms with Crippen LogP contribution in [-0.4, -0.2) is 14.1 Å². The van der Waals surface area contributed by atoms with Crippen LogP contribution in [0.25, 0.3) is 0 Å². The van der Waals surface area contributed by atoms with Crippen LogP contribution in [0.2, 0.25) is 0 Å². The second-order valence-corrected chi connectivity index (χ2v) is 5.37. The van der Waals surface area contributed by atoms with E-state index in [4.69, 9.17) is 36.7 Å². The van der Waals surface area contributed by atoms with Crippen molar-refractivity contribution in [3.05, 3.63) is 63.9 Å². The Morgan fingerprint density at radius 2 is 1.24 bits per heavy atom. The zero-order chi connectivity index (χ0) is 15.7. The molecule has 0 amide bonds. The molecular weight excluding hydrogens is 318 g/mol. The predicted molar refractivity (Wildman–Crippen MR) is 97.2 cm³/mol. The predicted octanol–water partition coefficient (Wildman–Crippen LogP) is 5.07. The van der Waals surface area contributed by atoms with Crippen LogP contribution >= 0.6 is 36.7 Å². The molecule has 3 nitrogen and oxygen atoms in total. The molecule has 0 aliphatic heterocycles. The molecule has 0 saturated carbocycles. The molecule has 1 aromatic heterocycles. The molecule has 0 bridgehead atoms. The molecule has 0 unspecified atom stereocenters. The summed E-state index contributed by atoms with van der Waals surface area (Å²) in [6.45, 7) is 8.59. The third-order valence-corrected chi connectivity index (χ3v) is 3.77. The molecule has 0 aromatic carbocycles. The van der Waals surface area contributed by atoms with Crippen molar-refractivity contribution < 1.29 is 0 Å². The molecule has 6 heteroatoms. The van der Waals surface area contributed by atoms with Gasteiger partial charge in [0.1, 0.15) is 0 Å². The maximum Gasteiger partial charge on any atom is 0.184 e. The van der Waals surface area contributed by atoms with Crippen LogP contribution in [0.5, 0.6) is 0 Å². The van der Waals surface area contributed by atoms with Crippen LogP contribution in [0, 0.1) is 14.3 Å². The monoisotopic (exact) mass is 337 g/mol. The van der Waals surface area contributed by atoms with Crippen LogP contribution in [0.3, 0.4) is 0 Å². The average molecular weight is 338 g/mol. The highest BCUT2D eigenvalue weighted by Crippen LogP contribution is 2.01. The Morgan fingerprint density at radius 3 is 1.62 bits per heavy atom. The summed E-state index contributed by atoms with van der Waals surface area (Å²) in [6.07, 6.45) is 13.4. The van der Waals surface area contributed by atoms with E-state index >= 15 is 0 Å². The Morgan fingerprint density at radius 1 is 0.810 bits per heavy atom. The number of hydrogen-bond acceptors (Lipinski definition) is 3. The van der Waals surface area contributed by atoms with Gasteiger partial charge in [0, 0.05) is 13.1 Å². The third-order valence-electron chi connectivity index (χ3n) is 2.68. The molecule has 1 rings (SSSR count). The Labute approximate surface area is 140 Å². The third kappa shape index (κ3) is 5.49. The zero-order valence-electron chi connectivity index (χ0n) is 11.8. The van der Waals surface area contributed by atoms with E-state index in [0.29, 0.717) is 27.4 Å². The summed E-state index contributed by atoms with van der Waals surface area (Å²) in [5.41, 5.74) is 0. The minimum Gasteiger partial charge on any atom is -0.309 e. The fourth-order valence-electron chi connectivity index (χ4n) is 1.61. The van der Waals surface area contributed by atoms with Crippen LogP contribution in [-0.2, 0) is 13.1 Å². The molecule has 0 spiro atoms. The molecule has 0 aliphatic rings. The molecule has 0 aliphatic carbocycles. The van der Waals surface area contributed by atoms with E-state index in [1.165, 1.54) is 0 Å².